The Morgan fingerprint density at radius 1 is 1.50 bits per heavy atom. The van der Waals surface area contributed by atoms with Crippen LogP contribution in [0, 0.1) is 0 Å². The molecule has 8 heteroatoms. The van der Waals surface area contributed by atoms with Crippen LogP contribution in [0.3, 0.4) is 0 Å². The van der Waals surface area contributed by atoms with Crippen LogP contribution >= 0.6 is 0 Å². The molecule has 1 N–H and O–H groups in total. The van der Waals surface area contributed by atoms with Gasteiger partial charge in [0, 0.05) is 6.20 Å². The Morgan fingerprint density at radius 3 is 3.00 bits per heavy atom. The number of rotatable bonds is 2. The quantitative estimate of drug-likeness (QED) is 0.653. The Labute approximate surface area is 99.5 Å². The van der Waals surface area contributed by atoms with Gasteiger partial charge in [-0.25, -0.2) is 9.78 Å². The number of hydrogen-bond acceptors (Lipinski definition) is 5. The summed E-state index contributed by atoms with van der Waals surface area (Å²) in [6.45, 7) is -0.700. The summed E-state index contributed by atoms with van der Waals surface area (Å²) in [6, 6.07) is 1.52. The maximum Gasteiger partial charge on any atom is 0.330 e. The van der Waals surface area contributed by atoms with Gasteiger partial charge in [0.25, 0.3) is 0 Å². The third-order valence-electron chi connectivity index (χ3n) is 2.77. The highest BCUT2D eigenvalue weighted by Gasteiger charge is 2.23. The van der Waals surface area contributed by atoms with E-state index < -0.39 is 18.2 Å². The molecule has 1 aliphatic rings. The molecule has 0 spiro atoms. The lowest BCUT2D eigenvalue weighted by Gasteiger charge is -2.13. The van der Waals surface area contributed by atoms with Crippen LogP contribution in [0.25, 0.3) is 11.0 Å². The van der Waals surface area contributed by atoms with Gasteiger partial charge in [0.15, 0.2) is 5.82 Å². The van der Waals surface area contributed by atoms with Crippen molar-refractivity contribution in [3.63, 3.8) is 0 Å². The molecule has 0 saturated heterocycles. The van der Waals surface area contributed by atoms with Crippen molar-refractivity contribution in [3.05, 3.63) is 22.7 Å². The Bertz CT molecular complexity index is 742. The number of hydrogen-bond donors (Lipinski definition) is 1. The maximum absolute atomic E-state index is 12.0. The van der Waals surface area contributed by atoms with Crippen molar-refractivity contribution in [3.8, 4) is 0 Å². The first-order valence-electron chi connectivity index (χ1n) is 5.15. The van der Waals surface area contributed by atoms with Crippen molar-refractivity contribution in [1.29, 1.82) is 0 Å². The second-order valence-electron chi connectivity index (χ2n) is 3.90. The Morgan fingerprint density at radius 2 is 2.28 bits per heavy atom. The fourth-order valence-electron chi connectivity index (χ4n) is 2.11. The summed E-state index contributed by atoms with van der Waals surface area (Å²) in [5.41, 5.74) is 0.288. The molecule has 18 heavy (non-hydrogen) atoms. The molecule has 3 heterocycles. The number of imidazole rings is 1. The third-order valence-corrected chi connectivity index (χ3v) is 2.77. The van der Waals surface area contributed by atoms with Crippen molar-refractivity contribution in [2.24, 2.45) is 0 Å². The van der Waals surface area contributed by atoms with Gasteiger partial charge in [-0.3, -0.25) is 13.9 Å². The van der Waals surface area contributed by atoms with E-state index in [1.54, 1.807) is 0 Å². The topological polar surface area (TPSA) is 109 Å². The first kappa shape index (κ1) is 10.5. The molecule has 92 valence electrons. The van der Waals surface area contributed by atoms with Crippen LogP contribution in [0.15, 0.2) is 17.1 Å². The average molecular weight is 247 g/mol. The fraction of sp³-hybridized carbons (Fsp3) is 0.200. The molecule has 0 fully saturated rings. The van der Waals surface area contributed by atoms with E-state index in [0.717, 1.165) is 4.57 Å². The number of aliphatic carboxylic acids is 1. The van der Waals surface area contributed by atoms with E-state index >= 15 is 0 Å². The van der Waals surface area contributed by atoms with Gasteiger partial charge in [0.2, 0.25) is 5.91 Å². The number of nitrogens with one attached hydrogen (secondary N) is 1. The minimum absolute atomic E-state index is 0.145. The minimum atomic E-state index is -1.37. The summed E-state index contributed by atoms with van der Waals surface area (Å²) in [5, 5.41) is 13.2. The number of carbonyl (C=O) groups is 2. The molecule has 2 aromatic heterocycles. The Hall–Kier alpha value is -2.64. The Balaban J connectivity index is 2.38. The van der Waals surface area contributed by atoms with Gasteiger partial charge >= 0.3 is 5.69 Å². The summed E-state index contributed by atoms with van der Waals surface area (Å²) >= 11 is 0. The monoisotopic (exact) mass is 247 g/mol. The zero-order chi connectivity index (χ0) is 12.9. The van der Waals surface area contributed by atoms with Crippen LogP contribution < -0.4 is 16.1 Å². The van der Waals surface area contributed by atoms with Crippen LogP contribution in [0.1, 0.15) is 0 Å². The van der Waals surface area contributed by atoms with E-state index in [4.69, 9.17) is 0 Å². The first-order valence-corrected chi connectivity index (χ1v) is 5.15. The number of anilines is 1. The van der Waals surface area contributed by atoms with Gasteiger partial charge in [-0.1, -0.05) is 0 Å². The van der Waals surface area contributed by atoms with Crippen molar-refractivity contribution < 1.29 is 14.7 Å². The molecule has 0 unspecified atom stereocenters. The van der Waals surface area contributed by atoms with Gasteiger partial charge < -0.3 is 15.2 Å². The lowest BCUT2D eigenvalue weighted by Crippen LogP contribution is -2.35. The number of amides is 1. The molecular formula is C10H7N4O4-. The second-order valence-corrected chi connectivity index (χ2v) is 3.90. The highest BCUT2D eigenvalue weighted by molar-refractivity contribution is 6.01. The number of aromatic nitrogens is 3. The molecule has 0 radical (unpaired) electrons. The highest BCUT2D eigenvalue weighted by Crippen LogP contribution is 2.23. The SMILES string of the molecule is O=C([O-])Cn1c(=O)n2c3c(nccc31)NC(=O)C2. The van der Waals surface area contributed by atoms with E-state index in [2.05, 4.69) is 10.3 Å². The van der Waals surface area contributed by atoms with Gasteiger partial charge in [0.1, 0.15) is 12.1 Å². The predicted molar refractivity (Wildman–Crippen MR) is 57.6 cm³/mol. The molecule has 0 bridgehead atoms. The van der Waals surface area contributed by atoms with Crippen LogP contribution in [-0.4, -0.2) is 26.0 Å². The van der Waals surface area contributed by atoms with Crippen molar-refractivity contribution in [1.82, 2.24) is 14.1 Å². The van der Waals surface area contributed by atoms with E-state index in [0.29, 0.717) is 11.0 Å². The number of carboxylic acid groups (broad SMARTS) is 1. The smallest absolute Gasteiger partial charge is 0.330 e. The standard InChI is InChI=1S/C10H8N4O4/c15-6-3-14-8-5(1-2-11-9(8)12-6)13(10(14)18)4-7(16)17/h1-2H,3-4H2,(H,16,17)(H,11,12,15)/p-1. The lowest BCUT2D eigenvalue weighted by molar-refractivity contribution is -0.306. The molecular weight excluding hydrogens is 240 g/mol. The molecule has 0 aliphatic carbocycles. The maximum atomic E-state index is 12.0. The van der Waals surface area contributed by atoms with E-state index in [1.807, 2.05) is 0 Å². The molecule has 1 amide bonds. The van der Waals surface area contributed by atoms with Gasteiger partial charge in [-0.05, 0) is 6.07 Å². The van der Waals surface area contributed by atoms with Crippen LogP contribution in [-0.2, 0) is 22.7 Å². The van der Waals surface area contributed by atoms with E-state index in [9.17, 15) is 19.5 Å². The zero-order valence-electron chi connectivity index (χ0n) is 9.04. The second kappa shape index (κ2) is 3.42. The zero-order valence-corrected chi connectivity index (χ0v) is 9.04. The summed E-state index contributed by atoms with van der Waals surface area (Å²) in [6.07, 6.45) is 1.40. The van der Waals surface area contributed by atoms with Gasteiger partial charge in [-0.2, -0.15) is 0 Å². The summed E-state index contributed by atoms with van der Waals surface area (Å²) < 4.78 is 2.26. The molecule has 3 rings (SSSR count). The van der Waals surface area contributed by atoms with Gasteiger partial charge in [-0.15, -0.1) is 0 Å². The third kappa shape index (κ3) is 1.32. The Kier molecular flexibility index (Phi) is 2.00. The summed E-state index contributed by atoms with van der Waals surface area (Å²) in [4.78, 5) is 38.0. The van der Waals surface area contributed by atoms with Gasteiger partial charge in [0.05, 0.1) is 18.0 Å². The number of carboxylic acids is 1. The normalized spacial score (nSPS) is 13.7. The van der Waals surface area contributed by atoms with Crippen LogP contribution in [0.2, 0.25) is 0 Å². The highest BCUT2D eigenvalue weighted by atomic mass is 16.4. The fourth-order valence-corrected chi connectivity index (χ4v) is 2.11. The van der Waals surface area contributed by atoms with Crippen LogP contribution in [0.4, 0.5) is 5.82 Å². The molecule has 0 saturated carbocycles. The molecule has 1 aliphatic heterocycles. The van der Waals surface area contributed by atoms with E-state index in [1.165, 1.54) is 16.8 Å². The average Bonchev–Trinajstić information content (AvgIpc) is 2.56. The summed E-state index contributed by atoms with van der Waals surface area (Å²) in [7, 11) is 0. The first-order chi connectivity index (χ1) is 8.58. The molecule has 2 aromatic rings. The molecule has 8 nitrogen and oxygen atoms in total. The molecule has 0 atom stereocenters. The number of carbonyl (C=O) groups excluding carboxylic acids is 2. The number of pyridine rings is 1. The van der Waals surface area contributed by atoms with Crippen LogP contribution in [0.5, 0.6) is 0 Å². The number of nitrogens with zero attached hydrogens (tertiary/aromatic N) is 3. The largest absolute Gasteiger partial charge is 0.548 e. The van der Waals surface area contributed by atoms with Crippen molar-refractivity contribution in [2.45, 2.75) is 13.1 Å². The minimum Gasteiger partial charge on any atom is -0.548 e. The predicted octanol–water partition coefficient (Wildman–Crippen LogP) is -2.10. The van der Waals surface area contributed by atoms with Crippen molar-refractivity contribution >= 4 is 28.7 Å². The lowest BCUT2D eigenvalue weighted by atomic mass is 10.3. The molecule has 0 aromatic carbocycles. The van der Waals surface area contributed by atoms with Crippen molar-refractivity contribution in [2.75, 3.05) is 5.32 Å². The van der Waals surface area contributed by atoms with E-state index in [-0.39, 0.29) is 18.3 Å². The summed E-state index contributed by atoms with van der Waals surface area (Å²) in [5.74, 6) is -1.47.